The second kappa shape index (κ2) is 14.7. The summed E-state index contributed by atoms with van der Waals surface area (Å²) in [6.07, 6.45) is 1.85. The minimum atomic E-state index is -1.07. The summed E-state index contributed by atoms with van der Waals surface area (Å²) in [4.78, 5) is 11.8. The molecule has 1 rings (SSSR count). The van der Waals surface area contributed by atoms with Gasteiger partial charge in [0.1, 0.15) is 17.3 Å². The summed E-state index contributed by atoms with van der Waals surface area (Å²) in [5.74, 6) is 0.609. The lowest BCUT2D eigenvalue weighted by atomic mass is 9.81. The number of carbonyl (C=O) groups is 1. The van der Waals surface area contributed by atoms with Gasteiger partial charge in [0.25, 0.3) is 0 Å². The molecule has 0 amide bonds. The van der Waals surface area contributed by atoms with Crippen LogP contribution in [0.2, 0.25) is 0 Å². The number of phenolic OH excluding ortho intramolecular Hbond substituents is 2. The summed E-state index contributed by atoms with van der Waals surface area (Å²) < 4.78 is 0. The van der Waals surface area contributed by atoms with Gasteiger partial charge in [-0.05, 0) is 74.0 Å². The second-order valence-corrected chi connectivity index (χ2v) is 11.0. The van der Waals surface area contributed by atoms with E-state index in [0.717, 1.165) is 19.3 Å². The molecule has 0 saturated heterocycles. The zero-order valence-electron chi connectivity index (χ0n) is 21.9. The molecular formula is C28H48O6. The summed E-state index contributed by atoms with van der Waals surface area (Å²) in [6.45, 7) is 12.2. The van der Waals surface area contributed by atoms with Crippen molar-refractivity contribution in [1.29, 1.82) is 0 Å². The Labute approximate surface area is 206 Å². The van der Waals surface area contributed by atoms with Gasteiger partial charge in [0.05, 0.1) is 18.3 Å². The maximum Gasteiger partial charge on any atom is 0.135 e. The first kappa shape index (κ1) is 30.4. The number of hydrogen-bond donors (Lipinski definition) is 5. The lowest BCUT2D eigenvalue weighted by Gasteiger charge is -2.31. The molecular weight excluding hydrogens is 432 g/mol. The van der Waals surface area contributed by atoms with Gasteiger partial charge in [0.2, 0.25) is 0 Å². The van der Waals surface area contributed by atoms with Crippen LogP contribution in [0.4, 0.5) is 0 Å². The van der Waals surface area contributed by atoms with Crippen LogP contribution in [0.25, 0.3) is 0 Å². The number of carbonyl (C=O) groups excluding carboxylic acids is 1. The number of aliphatic hydroxyl groups excluding tert-OH is 3. The molecule has 6 heteroatoms. The van der Waals surface area contributed by atoms with Crippen LogP contribution in [0.15, 0.2) is 18.2 Å². The zero-order chi connectivity index (χ0) is 26.0. The molecule has 0 aliphatic rings. The number of benzene rings is 1. The van der Waals surface area contributed by atoms with Gasteiger partial charge in [0, 0.05) is 24.3 Å². The van der Waals surface area contributed by atoms with Gasteiger partial charge in [-0.15, -0.1) is 0 Å². The van der Waals surface area contributed by atoms with Crippen molar-refractivity contribution >= 4 is 5.78 Å². The molecule has 0 aromatic heterocycles. The van der Waals surface area contributed by atoms with E-state index in [1.54, 1.807) is 0 Å². The maximum absolute atomic E-state index is 11.8. The van der Waals surface area contributed by atoms with Crippen molar-refractivity contribution in [2.24, 2.45) is 29.6 Å². The van der Waals surface area contributed by atoms with Crippen LogP contribution in [0.3, 0.4) is 0 Å². The van der Waals surface area contributed by atoms with E-state index in [1.165, 1.54) is 18.2 Å². The molecule has 34 heavy (non-hydrogen) atoms. The molecule has 0 radical (unpaired) electrons. The van der Waals surface area contributed by atoms with Crippen molar-refractivity contribution in [3.63, 3.8) is 0 Å². The zero-order valence-corrected chi connectivity index (χ0v) is 21.9. The van der Waals surface area contributed by atoms with Crippen molar-refractivity contribution in [2.45, 2.75) is 105 Å². The van der Waals surface area contributed by atoms with E-state index in [0.29, 0.717) is 42.4 Å². The minimum Gasteiger partial charge on any atom is -0.508 e. The first-order valence-corrected chi connectivity index (χ1v) is 12.9. The number of Topliss-reactive ketones (excluding diaryl/α,β-unsaturated/α-hetero) is 1. The lowest BCUT2D eigenvalue weighted by Crippen LogP contribution is -2.31. The van der Waals surface area contributed by atoms with Gasteiger partial charge >= 0.3 is 0 Å². The maximum atomic E-state index is 11.8. The van der Waals surface area contributed by atoms with Crippen LogP contribution in [-0.4, -0.2) is 43.5 Å². The van der Waals surface area contributed by atoms with Gasteiger partial charge in [-0.2, -0.15) is 0 Å². The van der Waals surface area contributed by atoms with Crippen LogP contribution in [0.5, 0.6) is 11.5 Å². The Bertz CT molecular complexity index is 713. The average Bonchev–Trinajstić information content (AvgIpc) is 2.73. The van der Waals surface area contributed by atoms with Crippen LogP contribution < -0.4 is 0 Å². The predicted octanol–water partition coefficient (Wildman–Crippen LogP) is 5.35. The molecule has 7 atom stereocenters. The number of phenols is 2. The molecule has 5 N–H and O–H groups in total. The largest absolute Gasteiger partial charge is 0.508 e. The highest BCUT2D eigenvalue weighted by molar-refractivity contribution is 5.80. The molecule has 0 heterocycles. The van der Waals surface area contributed by atoms with E-state index >= 15 is 0 Å². The highest BCUT2D eigenvalue weighted by Gasteiger charge is 2.31. The molecule has 0 spiro atoms. The molecule has 196 valence electrons. The Kier molecular flexibility index (Phi) is 13.1. The molecule has 0 unspecified atom stereocenters. The fourth-order valence-corrected chi connectivity index (χ4v) is 5.11. The summed E-state index contributed by atoms with van der Waals surface area (Å²) in [7, 11) is 0. The summed E-state index contributed by atoms with van der Waals surface area (Å²) >= 11 is 0. The van der Waals surface area contributed by atoms with Gasteiger partial charge in [-0.1, -0.05) is 41.5 Å². The summed E-state index contributed by atoms with van der Waals surface area (Å²) in [6, 6.07) is 3.97. The minimum absolute atomic E-state index is 0.0886. The molecule has 0 saturated carbocycles. The van der Waals surface area contributed by atoms with Crippen LogP contribution in [-0.2, 0) is 4.79 Å². The third-order valence-electron chi connectivity index (χ3n) is 6.87. The quantitative estimate of drug-likeness (QED) is 0.218. The van der Waals surface area contributed by atoms with Crippen LogP contribution >= 0.6 is 0 Å². The molecule has 0 bridgehead atoms. The topological polar surface area (TPSA) is 118 Å². The fraction of sp³-hybridized carbons (Fsp3) is 0.750. The molecule has 1 aromatic carbocycles. The fourth-order valence-electron chi connectivity index (χ4n) is 5.11. The van der Waals surface area contributed by atoms with Crippen molar-refractivity contribution in [1.82, 2.24) is 0 Å². The highest BCUT2D eigenvalue weighted by atomic mass is 16.3. The number of aliphatic hydroxyl groups is 3. The first-order chi connectivity index (χ1) is 15.8. The standard InChI is InChI=1S/C28H48O6/c1-7-26(32)20(6)12-19(5)11-18(4)8-9-22(29)16-27(33)25(10-17(2)3)28(34)21-13-23(30)15-24(31)14-21/h13-15,17-20,22,25,27-31,33-34H,7-12,16H2,1-6H3/t18-,19+,20-,22-,25+,27-,28+/m1/s1. The van der Waals surface area contributed by atoms with E-state index in [-0.39, 0.29) is 29.8 Å². The Hall–Kier alpha value is -1.63. The molecule has 1 aromatic rings. The van der Waals surface area contributed by atoms with Gasteiger partial charge < -0.3 is 25.5 Å². The van der Waals surface area contributed by atoms with Gasteiger partial charge in [0.15, 0.2) is 0 Å². The third-order valence-corrected chi connectivity index (χ3v) is 6.87. The van der Waals surface area contributed by atoms with Crippen molar-refractivity contribution in [3.05, 3.63) is 23.8 Å². The summed E-state index contributed by atoms with van der Waals surface area (Å²) in [5.41, 5.74) is 0.343. The smallest absolute Gasteiger partial charge is 0.135 e. The van der Waals surface area contributed by atoms with Crippen LogP contribution in [0.1, 0.15) is 98.2 Å². The Morgan fingerprint density at radius 1 is 0.794 bits per heavy atom. The third kappa shape index (κ3) is 10.7. The van der Waals surface area contributed by atoms with Crippen molar-refractivity contribution in [2.75, 3.05) is 0 Å². The predicted molar refractivity (Wildman–Crippen MR) is 136 cm³/mol. The molecule has 0 fully saturated rings. The van der Waals surface area contributed by atoms with Gasteiger partial charge in [-0.3, -0.25) is 4.79 Å². The van der Waals surface area contributed by atoms with E-state index in [2.05, 4.69) is 13.8 Å². The summed E-state index contributed by atoms with van der Waals surface area (Å²) in [5, 5.41) is 52.0. The number of aromatic hydroxyl groups is 2. The van der Waals surface area contributed by atoms with Crippen molar-refractivity contribution < 1.29 is 30.3 Å². The van der Waals surface area contributed by atoms with E-state index in [9.17, 15) is 30.3 Å². The molecule has 0 aliphatic carbocycles. The Morgan fingerprint density at radius 3 is 1.91 bits per heavy atom. The van der Waals surface area contributed by atoms with E-state index in [4.69, 9.17) is 0 Å². The Morgan fingerprint density at radius 2 is 1.38 bits per heavy atom. The van der Waals surface area contributed by atoms with E-state index < -0.39 is 24.2 Å². The number of rotatable bonds is 16. The molecule has 6 nitrogen and oxygen atoms in total. The van der Waals surface area contributed by atoms with Crippen molar-refractivity contribution in [3.8, 4) is 11.5 Å². The average molecular weight is 481 g/mol. The molecule has 0 aliphatic heterocycles. The normalized spacial score (nSPS) is 18.2. The SMILES string of the molecule is CCC(=O)[C@H](C)C[C@@H](C)C[C@H](C)CC[C@@H](O)C[C@@H](O)[C@H](CC(C)C)[C@@H](O)c1cc(O)cc(O)c1. The van der Waals surface area contributed by atoms with Crippen LogP contribution in [0, 0.1) is 29.6 Å². The number of hydrogen-bond acceptors (Lipinski definition) is 6. The Balaban J connectivity index is 2.64. The monoisotopic (exact) mass is 480 g/mol. The van der Waals surface area contributed by atoms with Gasteiger partial charge in [-0.25, -0.2) is 0 Å². The first-order valence-electron chi connectivity index (χ1n) is 12.9. The highest BCUT2D eigenvalue weighted by Crippen LogP contribution is 2.35. The lowest BCUT2D eigenvalue weighted by molar-refractivity contribution is -0.122. The second-order valence-electron chi connectivity index (χ2n) is 11.0. The number of ketones is 1. The van der Waals surface area contributed by atoms with E-state index in [1.807, 2.05) is 27.7 Å².